The second-order valence-corrected chi connectivity index (χ2v) is 9.74. The minimum Gasteiger partial charge on any atom is -0.481 e. The molecule has 2 aliphatic rings. The van der Waals surface area contributed by atoms with Gasteiger partial charge in [0, 0.05) is 0 Å². The molecule has 0 aromatic rings. The van der Waals surface area contributed by atoms with E-state index >= 15 is 0 Å². The number of rotatable bonds is 14. The van der Waals surface area contributed by atoms with Crippen molar-refractivity contribution in [2.24, 2.45) is 0 Å². The van der Waals surface area contributed by atoms with Gasteiger partial charge in [-0.25, -0.2) is 0 Å². The number of carbonyl (C=O) groups is 1. The lowest BCUT2D eigenvalue weighted by Gasteiger charge is -2.46. The zero-order chi connectivity index (χ0) is 26.1. The average Bonchev–Trinajstić information content (AvgIpc) is 2.80. The van der Waals surface area contributed by atoms with Crippen molar-refractivity contribution in [1.82, 2.24) is 0 Å². The number of aliphatic hydroxyl groups excluding tert-OH is 5. The van der Waals surface area contributed by atoms with E-state index in [2.05, 4.69) is 6.92 Å². The highest BCUT2D eigenvalue weighted by Crippen LogP contribution is 2.31. The Labute approximate surface area is 207 Å². The molecule has 1 unspecified atom stereocenters. The smallest absolute Gasteiger partial charge is 0.305 e. The van der Waals surface area contributed by atoms with Crippen LogP contribution in [0, 0.1) is 0 Å². The van der Waals surface area contributed by atoms with Crippen LogP contribution in [-0.4, -0.2) is 104 Å². The van der Waals surface area contributed by atoms with E-state index < -0.39 is 73.5 Å². The Morgan fingerprint density at radius 1 is 0.771 bits per heavy atom. The number of ether oxygens (including phenoxy) is 4. The summed E-state index contributed by atoms with van der Waals surface area (Å²) in [5.41, 5.74) is 0. The van der Waals surface area contributed by atoms with Crippen LogP contribution in [0.3, 0.4) is 0 Å². The van der Waals surface area contributed by atoms with Crippen LogP contribution in [0.1, 0.15) is 78.6 Å². The fourth-order valence-electron chi connectivity index (χ4n) is 4.47. The normalized spacial score (nSPS) is 38.9. The highest BCUT2D eigenvalue weighted by Gasteiger charge is 2.50. The SMILES string of the molecule is CCCCCCCCCC(CC(=O)O)O[C@@H]1O[C@@H](C)[C@H](O)[C@@H](O)[C@H]1O[C@H]1O[C@@H](C)[C@@H](O)[C@H](O)[C@@H]1O. The number of hydrogen-bond donors (Lipinski definition) is 6. The van der Waals surface area contributed by atoms with E-state index in [0.29, 0.717) is 6.42 Å². The Morgan fingerprint density at radius 3 is 1.91 bits per heavy atom. The van der Waals surface area contributed by atoms with Crippen molar-refractivity contribution < 1.29 is 54.4 Å². The molecule has 11 atom stereocenters. The highest BCUT2D eigenvalue weighted by atomic mass is 16.8. The lowest BCUT2D eigenvalue weighted by atomic mass is 9.97. The zero-order valence-corrected chi connectivity index (χ0v) is 20.9. The Morgan fingerprint density at radius 2 is 1.31 bits per heavy atom. The standard InChI is InChI=1S/C24H44O11/c1-4-5-6-7-8-9-10-11-15(12-16(25)26)34-24-22(20(30)18(28)14(3)33-24)35-23-21(31)19(29)17(27)13(2)32-23/h13-15,17-24,27-31H,4-12H2,1-3H3,(H,25,26)/t13-,14-,15?,17+,18-,19-,20+,21-,22+,23+,24-/m0/s1. The van der Waals surface area contributed by atoms with E-state index in [4.69, 9.17) is 18.9 Å². The second-order valence-electron chi connectivity index (χ2n) is 9.74. The predicted molar refractivity (Wildman–Crippen MR) is 123 cm³/mol. The van der Waals surface area contributed by atoms with Gasteiger partial charge in [0.25, 0.3) is 0 Å². The molecule has 11 nitrogen and oxygen atoms in total. The molecule has 2 saturated heterocycles. The van der Waals surface area contributed by atoms with Crippen LogP contribution in [0.5, 0.6) is 0 Å². The maximum atomic E-state index is 11.4. The highest BCUT2D eigenvalue weighted by molar-refractivity contribution is 5.67. The van der Waals surface area contributed by atoms with Crippen LogP contribution >= 0.6 is 0 Å². The van der Waals surface area contributed by atoms with E-state index in [1.807, 2.05) is 0 Å². The molecule has 0 aromatic carbocycles. The first-order valence-corrected chi connectivity index (χ1v) is 12.8. The average molecular weight is 509 g/mol. The molecule has 2 fully saturated rings. The molecule has 0 bridgehead atoms. The lowest BCUT2D eigenvalue weighted by Crippen LogP contribution is -2.63. The van der Waals surface area contributed by atoms with Gasteiger partial charge in [0.1, 0.15) is 36.6 Å². The molecule has 6 N–H and O–H groups in total. The first kappa shape index (κ1) is 30.3. The van der Waals surface area contributed by atoms with Gasteiger partial charge in [0.2, 0.25) is 0 Å². The first-order chi connectivity index (χ1) is 16.6. The second kappa shape index (κ2) is 14.7. The molecule has 0 amide bonds. The summed E-state index contributed by atoms with van der Waals surface area (Å²) in [6.45, 7) is 5.18. The molecule has 0 spiro atoms. The summed E-state index contributed by atoms with van der Waals surface area (Å²) in [6.07, 6.45) is -6.23. The molecule has 0 aliphatic carbocycles. The van der Waals surface area contributed by atoms with Gasteiger partial charge in [-0.1, -0.05) is 51.9 Å². The van der Waals surface area contributed by atoms with Crippen molar-refractivity contribution in [2.75, 3.05) is 0 Å². The van der Waals surface area contributed by atoms with Crippen molar-refractivity contribution in [3.8, 4) is 0 Å². The predicted octanol–water partition coefficient (Wildman–Crippen LogP) is 0.666. The molecule has 11 heteroatoms. The monoisotopic (exact) mass is 508 g/mol. The fraction of sp³-hybridized carbons (Fsp3) is 0.958. The van der Waals surface area contributed by atoms with Crippen LogP contribution in [0.15, 0.2) is 0 Å². The molecule has 0 radical (unpaired) electrons. The van der Waals surface area contributed by atoms with E-state index in [-0.39, 0.29) is 6.42 Å². The molecule has 2 rings (SSSR count). The first-order valence-electron chi connectivity index (χ1n) is 12.8. The third-order valence-corrected chi connectivity index (χ3v) is 6.74. The van der Waals surface area contributed by atoms with E-state index in [1.165, 1.54) is 33.1 Å². The number of aliphatic carboxylic acids is 1. The number of aliphatic hydroxyl groups is 5. The van der Waals surface area contributed by atoms with Crippen molar-refractivity contribution in [3.05, 3.63) is 0 Å². The summed E-state index contributed by atoms with van der Waals surface area (Å²) in [4.78, 5) is 11.4. The number of carboxylic acids is 1. The zero-order valence-electron chi connectivity index (χ0n) is 20.9. The maximum Gasteiger partial charge on any atom is 0.305 e. The molecular weight excluding hydrogens is 464 g/mol. The van der Waals surface area contributed by atoms with Gasteiger partial charge < -0.3 is 49.6 Å². The third-order valence-electron chi connectivity index (χ3n) is 6.74. The third kappa shape index (κ3) is 8.87. The molecule has 0 saturated carbocycles. The maximum absolute atomic E-state index is 11.4. The van der Waals surface area contributed by atoms with Gasteiger partial charge in [-0.2, -0.15) is 0 Å². The van der Waals surface area contributed by atoms with Gasteiger partial charge in [0.15, 0.2) is 12.6 Å². The minimum absolute atomic E-state index is 0.278. The van der Waals surface area contributed by atoms with Gasteiger partial charge in [-0.05, 0) is 20.3 Å². The summed E-state index contributed by atoms with van der Waals surface area (Å²) < 4.78 is 22.8. The van der Waals surface area contributed by atoms with Gasteiger partial charge in [-0.3, -0.25) is 4.79 Å². The minimum atomic E-state index is -1.63. The number of hydrogen-bond acceptors (Lipinski definition) is 10. The summed E-state index contributed by atoms with van der Waals surface area (Å²) in [5.74, 6) is -1.04. The van der Waals surface area contributed by atoms with Crippen LogP contribution in [-0.2, 0) is 23.7 Å². The molecule has 2 heterocycles. The molecular formula is C24H44O11. The van der Waals surface area contributed by atoms with Crippen LogP contribution in [0.2, 0.25) is 0 Å². The van der Waals surface area contributed by atoms with Crippen LogP contribution < -0.4 is 0 Å². The number of carboxylic acid groups (broad SMARTS) is 1. The largest absolute Gasteiger partial charge is 0.481 e. The summed E-state index contributed by atoms with van der Waals surface area (Å²) in [5, 5.41) is 60.7. The summed E-state index contributed by atoms with van der Waals surface area (Å²) in [7, 11) is 0. The molecule has 35 heavy (non-hydrogen) atoms. The van der Waals surface area contributed by atoms with E-state index in [0.717, 1.165) is 25.7 Å². The fourth-order valence-corrected chi connectivity index (χ4v) is 4.47. The van der Waals surface area contributed by atoms with Crippen LogP contribution in [0.25, 0.3) is 0 Å². The Bertz CT molecular complexity index is 620. The summed E-state index contributed by atoms with van der Waals surface area (Å²) >= 11 is 0. The Balaban J connectivity index is 2.05. The van der Waals surface area contributed by atoms with Gasteiger partial charge in [-0.15, -0.1) is 0 Å². The van der Waals surface area contributed by atoms with Crippen molar-refractivity contribution in [3.63, 3.8) is 0 Å². The molecule has 2 aliphatic heterocycles. The Hall–Kier alpha value is -0.890. The number of unbranched alkanes of at least 4 members (excludes halogenated alkanes) is 6. The van der Waals surface area contributed by atoms with Crippen LogP contribution in [0.4, 0.5) is 0 Å². The Kier molecular flexibility index (Phi) is 12.8. The topological polar surface area (TPSA) is 175 Å². The molecule has 206 valence electrons. The van der Waals surface area contributed by atoms with E-state index in [9.17, 15) is 35.4 Å². The van der Waals surface area contributed by atoms with Gasteiger partial charge >= 0.3 is 5.97 Å². The van der Waals surface area contributed by atoms with Crippen molar-refractivity contribution >= 4 is 5.97 Å². The van der Waals surface area contributed by atoms with E-state index in [1.54, 1.807) is 0 Å². The molecule has 0 aromatic heterocycles. The van der Waals surface area contributed by atoms with Crippen molar-refractivity contribution in [2.45, 2.75) is 146 Å². The lowest BCUT2D eigenvalue weighted by molar-refractivity contribution is -0.366. The van der Waals surface area contributed by atoms with Crippen molar-refractivity contribution in [1.29, 1.82) is 0 Å². The quantitative estimate of drug-likeness (QED) is 0.182. The van der Waals surface area contributed by atoms with Gasteiger partial charge in [0.05, 0.1) is 24.7 Å². The summed E-state index contributed by atoms with van der Waals surface area (Å²) in [6, 6.07) is 0.